The maximum absolute atomic E-state index is 2.60. The highest BCUT2D eigenvalue weighted by Crippen LogP contribution is 2.50. The van der Waals surface area contributed by atoms with Gasteiger partial charge in [0.05, 0.1) is 22.1 Å². The van der Waals surface area contributed by atoms with Gasteiger partial charge in [-0.2, -0.15) is 0 Å². The molecule has 0 saturated carbocycles. The fourth-order valence-corrected chi connectivity index (χ4v) is 16.9. The highest BCUT2D eigenvalue weighted by molar-refractivity contribution is 7.00. The molecule has 0 bridgehead atoms. The lowest BCUT2D eigenvalue weighted by Crippen LogP contribution is -2.61. The van der Waals surface area contributed by atoms with Crippen molar-refractivity contribution in [1.29, 1.82) is 0 Å². The van der Waals surface area contributed by atoms with Crippen molar-refractivity contribution < 1.29 is 0 Å². The Morgan fingerprint density at radius 3 is 0.800 bits per heavy atom. The van der Waals surface area contributed by atoms with Crippen LogP contribution in [0.4, 0.5) is 34.1 Å². The lowest BCUT2D eigenvalue weighted by atomic mass is 9.33. The van der Waals surface area contributed by atoms with Gasteiger partial charge in [-0.25, -0.2) is 0 Å². The van der Waals surface area contributed by atoms with Crippen molar-refractivity contribution in [3.63, 3.8) is 0 Å². The van der Waals surface area contributed by atoms with Gasteiger partial charge in [0.2, 0.25) is 0 Å². The number of anilines is 6. The molecule has 4 nitrogen and oxygen atoms in total. The monoisotopic (exact) mass is 1350 g/mol. The van der Waals surface area contributed by atoms with E-state index in [0.717, 1.165) is 67.8 Å². The van der Waals surface area contributed by atoms with Crippen LogP contribution in [0.5, 0.6) is 0 Å². The zero-order chi connectivity index (χ0) is 72.0. The van der Waals surface area contributed by atoms with E-state index < -0.39 is 0 Å². The fraction of sp³-hybridized carbons (Fsp3) is 0.160. The van der Waals surface area contributed by atoms with Crippen molar-refractivity contribution in [2.45, 2.75) is 105 Å². The standard InChI is InChI=1S/C100H87BN4/c1-97(2,3)70-40-52-88-82(58-70)83-59-71(98(4,5)6)41-53-89(83)104(88)76-48-50-86-92(62-76)102(74-44-36-67(37-45-74)80-34-24-22-32-78(80)65-28-18-14-19-29-65)94-56-69(64-26-16-13-17-27-64)57-95-96(94)101(86)87-51-49-77(105-90-54-42-72(99(7,8)9)60-84(90)85-61-73(100(10,11)12)43-55-91(85)105)63-93(87)103(95)75-46-38-68(39-47-75)81-35-25-23-33-79(81)66-30-20-15-21-31-66/h13-63H,1-12H3. The van der Waals surface area contributed by atoms with Gasteiger partial charge in [-0.1, -0.05) is 283 Å². The number of rotatable bonds is 9. The highest BCUT2D eigenvalue weighted by atomic mass is 15.2. The molecule has 0 atom stereocenters. The molecular formula is C100H87BN4. The van der Waals surface area contributed by atoms with E-state index in [1.807, 2.05) is 0 Å². The molecule has 0 unspecified atom stereocenters. The van der Waals surface area contributed by atoms with Crippen LogP contribution >= 0.6 is 0 Å². The number of hydrogen-bond acceptors (Lipinski definition) is 2. The van der Waals surface area contributed by atoms with Gasteiger partial charge in [0.1, 0.15) is 0 Å². The lowest BCUT2D eigenvalue weighted by Gasteiger charge is -2.44. The summed E-state index contributed by atoms with van der Waals surface area (Å²) in [4.78, 5) is 5.21. The van der Waals surface area contributed by atoms with Gasteiger partial charge in [-0.3, -0.25) is 0 Å². The minimum Gasteiger partial charge on any atom is -0.311 e. The zero-order valence-corrected chi connectivity index (χ0v) is 62.3. The topological polar surface area (TPSA) is 16.3 Å². The van der Waals surface area contributed by atoms with E-state index >= 15 is 0 Å². The first-order valence-corrected chi connectivity index (χ1v) is 37.4. The SMILES string of the molecule is CC(C)(C)c1ccc2c(c1)c1cc(C(C)(C)C)ccc1n2-c1ccc2c(c1)N(c1ccc(-c3ccccc3-c3ccccc3)cc1)c1cc(-c3ccccc3)cc3c1B2c1ccc(-n2c4ccc(C(C)(C)C)cc4c4cc(C(C)(C)C)ccc42)cc1N3c1ccc(-c2ccccc2-c2ccccc2)cc1. The fourth-order valence-electron chi connectivity index (χ4n) is 16.9. The number of fused-ring (bicyclic) bond motifs is 10. The van der Waals surface area contributed by atoms with E-state index in [0.29, 0.717) is 0 Å². The largest absolute Gasteiger partial charge is 0.311 e. The third-order valence-electron chi connectivity index (χ3n) is 22.6. The van der Waals surface area contributed by atoms with Gasteiger partial charge >= 0.3 is 0 Å². The Hall–Kier alpha value is -11.7. The highest BCUT2D eigenvalue weighted by Gasteiger charge is 2.44. The molecule has 2 aromatic heterocycles. The van der Waals surface area contributed by atoms with Crippen LogP contribution in [0, 0.1) is 0 Å². The molecule has 5 heteroatoms. The van der Waals surface area contributed by atoms with Gasteiger partial charge in [0.15, 0.2) is 0 Å². The van der Waals surface area contributed by atoms with Crippen LogP contribution in [0.3, 0.4) is 0 Å². The molecule has 105 heavy (non-hydrogen) atoms. The molecule has 16 aromatic rings. The van der Waals surface area contributed by atoms with Crippen molar-refractivity contribution >= 4 is 101 Å². The van der Waals surface area contributed by atoms with Crippen LogP contribution < -0.4 is 26.2 Å². The van der Waals surface area contributed by atoms with Crippen LogP contribution in [0.15, 0.2) is 309 Å². The summed E-state index contributed by atoms with van der Waals surface area (Å²) in [5.41, 5.74) is 34.4. The lowest BCUT2D eigenvalue weighted by molar-refractivity contribution is 0.590. The van der Waals surface area contributed by atoms with E-state index in [1.165, 1.54) is 116 Å². The van der Waals surface area contributed by atoms with E-state index in [2.05, 4.69) is 411 Å². The maximum atomic E-state index is 2.60. The average molecular weight is 1360 g/mol. The van der Waals surface area contributed by atoms with Gasteiger partial charge in [-0.15, -0.1) is 0 Å². The van der Waals surface area contributed by atoms with Gasteiger partial charge in [0.25, 0.3) is 6.71 Å². The first-order valence-electron chi connectivity index (χ1n) is 37.4. The normalized spacial score (nSPS) is 13.1. The zero-order valence-electron chi connectivity index (χ0n) is 62.3. The van der Waals surface area contributed by atoms with Crippen molar-refractivity contribution in [2.75, 3.05) is 9.80 Å². The van der Waals surface area contributed by atoms with Gasteiger partial charge in [-0.05, 0) is 225 Å². The minimum absolute atomic E-state index is 0.0405. The molecule has 2 aliphatic heterocycles. The number of nitrogens with zero attached hydrogens (tertiary/aromatic N) is 4. The van der Waals surface area contributed by atoms with Gasteiger partial charge in [0, 0.05) is 67.0 Å². The van der Waals surface area contributed by atoms with Crippen LogP contribution in [-0.2, 0) is 21.7 Å². The van der Waals surface area contributed by atoms with E-state index in [1.54, 1.807) is 0 Å². The van der Waals surface area contributed by atoms with Crippen molar-refractivity contribution in [3.05, 3.63) is 332 Å². The smallest absolute Gasteiger partial charge is 0.252 e. The molecule has 4 heterocycles. The van der Waals surface area contributed by atoms with Crippen LogP contribution in [0.25, 0.3) is 111 Å². The first kappa shape index (κ1) is 65.4. The molecule has 0 spiro atoms. The summed E-state index contributed by atoms with van der Waals surface area (Å²) in [5, 5.41) is 5.07. The van der Waals surface area contributed by atoms with Crippen LogP contribution in [-0.4, -0.2) is 15.8 Å². The molecule has 0 fully saturated rings. The predicted octanol–water partition coefficient (Wildman–Crippen LogP) is 25.5. The molecule has 2 aliphatic rings. The van der Waals surface area contributed by atoms with Crippen LogP contribution in [0.1, 0.15) is 105 Å². The van der Waals surface area contributed by atoms with Crippen molar-refractivity contribution in [1.82, 2.24) is 9.13 Å². The summed E-state index contributed by atoms with van der Waals surface area (Å²) in [5.74, 6) is 0. The quantitative estimate of drug-likeness (QED) is 0.134. The third kappa shape index (κ3) is 11.1. The molecule has 0 saturated heterocycles. The molecular weight excluding hydrogens is 1270 g/mol. The molecule has 18 rings (SSSR count). The van der Waals surface area contributed by atoms with E-state index in [4.69, 9.17) is 0 Å². The summed E-state index contributed by atoms with van der Waals surface area (Å²) < 4.78 is 5.08. The molecule has 510 valence electrons. The summed E-state index contributed by atoms with van der Waals surface area (Å²) in [6.45, 7) is 27.8. The summed E-state index contributed by atoms with van der Waals surface area (Å²) in [7, 11) is 0. The number of aromatic nitrogens is 2. The average Bonchev–Trinajstić information content (AvgIpc) is 1.06. The molecule has 0 radical (unpaired) electrons. The number of benzene rings is 14. The predicted molar refractivity (Wildman–Crippen MR) is 451 cm³/mol. The van der Waals surface area contributed by atoms with Crippen molar-refractivity contribution in [2.24, 2.45) is 0 Å². The van der Waals surface area contributed by atoms with E-state index in [-0.39, 0.29) is 28.4 Å². The maximum Gasteiger partial charge on any atom is 0.252 e. The Morgan fingerprint density at radius 2 is 0.495 bits per heavy atom. The third-order valence-corrected chi connectivity index (χ3v) is 22.6. The molecule has 0 N–H and O–H groups in total. The Morgan fingerprint density at radius 1 is 0.219 bits per heavy atom. The first-order chi connectivity index (χ1) is 50.6. The molecule has 0 amide bonds. The summed E-state index contributed by atoms with van der Waals surface area (Å²) in [6, 6.07) is 118. The van der Waals surface area contributed by atoms with E-state index in [9.17, 15) is 0 Å². The van der Waals surface area contributed by atoms with Crippen LogP contribution in [0.2, 0.25) is 0 Å². The second-order valence-corrected chi connectivity index (χ2v) is 33.4. The summed E-state index contributed by atoms with van der Waals surface area (Å²) in [6.07, 6.45) is 0. The summed E-state index contributed by atoms with van der Waals surface area (Å²) >= 11 is 0. The number of hydrogen-bond donors (Lipinski definition) is 0. The Kier molecular flexibility index (Phi) is 15.3. The second kappa shape index (κ2) is 24.5. The molecule has 0 aliphatic carbocycles. The van der Waals surface area contributed by atoms with Gasteiger partial charge < -0.3 is 18.9 Å². The second-order valence-electron chi connectivity index (χ2n) is 33.4. The Labute approximate surface area is 619 Å². The van der Waals surface area contributed by atoms with Crippen molar-refractivity contribution in [3.8, 4) is 67.0 Å². The Bertz CT molecular complexity index is 5610. The Balaban J connectivity index is 0.920. The minimum atomic E-state index is -0.182. The molecule has 14 aromatic carbocycles.